The lowest BCUT2D eigenvalue weighted by Gasteiger charge is -1.85. The van der Waals surface area contributed by atoms with Gasteiger partial charge in [-0.1, -0.05) is 24.4 Å². The van der Waals surface area contributed by atoms with Crippen molar-refractivity contribution >= 4 is 67.4 Å². The Morgan fingerprint density at radius 3 is 1.18 bits per heavy atom. The highest BCUT2D eigenvalue weighted by Gasteiger charge is 1.82. The molecule has 66 valence electrons. The average Bonchev–Trinajstić information content (AvgIpc) is 2.04. The summed E-state index contributed by atoms with van der Waals surface area (Å²) >= 11 is 14.3. The molecule has 0 heterocycles. The molecule has 0 aromatic heterocycles. The first-order valence-electron chi connectivity index (χ1n) is 2.75. The lowest BCUT2D eigenvalue weighted by molar-refractivity contribution is 2.11. The van der Waals surface area contributed by atoms with E-state index in [2.05, 4.69) is 12.2 Å². The van der Waals surface area contributed by atoms with Gasteiger partial charge in [-0.25, -0.2) is 0 Å². The fourth-order valence-corrected chi connectivity index (χ4v) is 0.750. The monoisotopic (exact) mass is 244 g/mol. The van der Waals surface area contributed by atoms with Crippen molar-refractivity contribution in [2.24, 2.45) is 0 Å². The minimum atomic E-state index is 1.00. The molecule has 0 aliphatic heterocycles. The smallest absolute Gasteiger partial charge is 0.103 e. The molecule has 0 bridgehead atoms. The summed E-state index contributed by atoms with van der Waals surface area (Å²) in [7, 11) is 0. The van der Waals surface area contributed by atoms with Crippen molar-refractivity contribution in [2.45, 2.75) is 6.92 Å². The molecule has 0 aliphatic rings. The minimum absolute atomic E-state index is 1.00. The van der Waals surface area contributed by atoms with Crippen molar-refractivity contribution in [1.82, 2.24) is 0 Å². The highest BCUT2D eigenvalue weighted by atomic mass is 32.2. The van der Waals surface area contributed by atoms with Crippen molar-refractivity contribution < 1.29 is 0 Å². The Morgan fingerprint density at radius 2 is 1.18 bits per heavy atom. The third kappa shape index (κ3) is 18.3. The molecule has 0 aromatic carbocycles. The highest BCUT2D eigenvalue weighted by molar-refractivity contribution is 8.46. The lowest BCUT2D eigenvalue weighted by atomic mass is 11.0. The molecule has 0 amide bonds. The molecule has 0 radical (unpaired) electrons. The van der Waals surface area contributed by atoms with E-state index in [1.54, 1.807) is 35.3 Å². The standard InChI is InChI=1S/C3H6S3.C3H6S2/c1-5-3(4)6-2;1-3(4)5-2/h1-2H3;1-2H3. The number of thiocarbonyl (C=S) groups is 2. The molecular formula is C6H12S5. The van der Waals surface area contributed by atoms with Crippen molar-refractivity contribution in [3.63, 3.8) is 0 Å². The Bertz CT molecular complexity index is 114. The zero-order chi connectivity index (χ0) is 9.28. The van der Waals surface area contributed by atoms with E-state index in [0.29, 0.717) is 0 Å². The molecule has 0 fully saturated rings. The normalized spacial score (nSPS) is 8.00. The number of thioether (sulfide) groups is 3. The van der Waals surface area contributed by atoms with E-state index in [9.17, 15) is 0 Å². The van der Waals surface area contributed by atoms with Crippen LogP contribution in [-0.2, 0) is 0 Å². The van der Waals surface area contributed by atoms with Crippen LogP contribution >= 0.6 is 59.7 Å². The van der Waals surface area contributed by atoms with Crippen LogP contribution in [-0.4, -0.2) is 26.5 Å². The molecule has 0 unspecified atom stereocenters. The Balaban J connectivity index is 0. The maximum Gasteiger partial charge on any atom is 0.103 e. The van der Waals surface area contributed by atoms with Gasteiger partial charge in [0.05, 0.1) is 0 Å². The zero-order valence-electron chi connectivity index (χ0n) is 7.04. The fraction of sp³-hybridized carbons (Fsp3) is 0.667. The van der Waals surface area contributed by atoms with Crippen LogP contribution in [0.2, 0.25) is 0 Å². The predicted octanol–water partition coefficient (Wildman–Crippen LogP) is 3.69. The largest absolute Gasteiger partial charge is 0.123 e. The van der Waals surface area contributed by atoms with Gasteiger partial charge < -0.3 is 0 Å². The molecule has 0 atom stereocenters. The molecule has 0 saturated heterocycles. The van der Waals surface area contributed by atoms with Crippen LogP contribution in [0.25, 0.3) is 0 Å². The number of hydrogen-bond acceptors (Lipinski definition) is 5. The lowest BCUT2D eigenvalue weighted by Crippen LogP contribution is -1.69. The van der Waals surface area contributed by atoms with Crippen LogP contribution in [0.1, 0.15) is 6.92 Å². The molecule has 0 saturated carbocycles. The molecule has 11 heavy (non-hydrogen) atoms. The maximum atomic E-state index is 4.78. The molecule has 0 aliphatic carbocycles. The topological polar surface area (TPSA) is 0 Å². The van der Waals surface area contributed by atoms with Gasteiger partial charge in [0.1, 0.15) is 3.53 Å². The SMILES string of the molecule is CSC(=S)SC.CSC(C)=S. The summed E-state index contributed by atoms with van der Waals surface area (Å²) in [4.78, 5) is 0. The summed E-state index contributed by atoms with van der Waals surface area (Å²) in [5.74, 6) is 0. The van der Waals surface area contributed by atoms with Crippen LogP contribution in [0.15, 0.2) is 0 Å². The second-order valence-electron chi connectivity index (χ2n) is 1.35. The van der Waals surface area contributed by atoms with Gasteiger partial charge in [-0.05, 0) is 25.7 Å². The Kier molecular flexibility index (Phi) is 15.0. The van der Waals surface area contributed by atoms with E-state index < -0.39 is 0 Å². The van der Waals surface area contributed by atoms with Gasteiger partial charge in [0.25, 0.3) is 0 Å². The zero-order valence-corrected chi connectivity index (χ0v) is 11.1. The third-order valence-corrected chi connectivity index (χ3v) is 4.36. The first kappa shape index (κ1) is 14.7. The molecule has 0 rings (SSSR count). The van der Waals surface area contributed by atoms with Crippen molar-refractivity contribution in [1.29, 1.82) is 0 Å². The van der Waals surface area contributed by atoms with Gasteiger partial charge in [0.2, 0.25) is 0 Å². The van der Waals surface area contributed by atoms with E-state index in [-0.39, 0.29) is 0 Å². The predicted molar refractivity (Wildman–Crippen MR) is 71.4 cm³/mol. The number of rotatable bonds is 0. The van der Waals surface area contributed by atoms with Crippen LogP contribution in [0.5, 0.6) is 0 Å². The second kappa shape index (κ2) is 11.2. The average molecular weight is 244 g/mol. The second-order valence-corrected chi connectivity index (χ2v) is 6.06. The summed E-state index contributed by atoms with van der Waals surface area (Å²) in [5.41, 5.74) is 0. The molecule has 0 spiro atoms. The first-order valence-corrected chi connectivity index (χ1v) is 7.24. The Morgan fingerprint density at radius 1 is 0.909 bits per heavy atom. The van der Waals surface area contributed by atoms with Crippen molar-refractivity contribution in [3.8, 4) is 0 Å². The van der Waals surface area contributed by atoms with Gasteiger partial charge in [-0.2, -0.15) is 0 Å². The van der Waals surface area contributed by atoms with Crippen LogP contribution in [0, 0.1) is 0 Å². The minimum Gasteiger partial charge on any atom is -0.123 e. The Labute approximate surface area is 92.7 Å². The van der Waals surface area contributed by atoms with E-state index in [0.717, 1.165) is 7.73 Å². The summed E-state index contributed by atoms with van der Waals surface area (Å²) in [6.07, 6.45) is 5.94. The van der Waals surface area contributed by atoms with Crippen molar-refractivity contribution in [3.05, 3.63) is 0 Å². The first-order chi connectivity index (χ1) is 5.08. The van der Waals surface area contributed by atoms with E-state index in [1.165, 1.54) is 0 Å². The molecule has 0 N–H and O–H groups in total. The van der Waals surface area contributed by atoms with Crippen molar-refractivity contribution in [2.75, 3.05) is 18.8 Å². The van der Waals surface area contributed by atoms with Crippen LogP contribution in [0.3, 0.4) is 0 Å². The summed E-state index contributed by atoms with van der Waals surface area (Å²) in [5, 5.41) is 0. The Hall–Kier alpha value is 1.23. The van der Waals surface area contributed by atoms with E-state index in [1.807, 2.05) is 25.7 Å². The molecule has 0 nitrogen and oxygen atoms in total. The molecule has 5 heteroatoms. The molecule has 0 aromatic rings. The van der Waals surface area contributed by atoms with Gasteiger partial charge in [0.15, 0.2) is 0 Å². The third-order valence-electron chi connectivity index (χ3n) is 0.621. The van der Waals surface area contributed by atoms with Crippen LogP contribution in [0.4, 0.5) is 0 Å². The summed E-state index contributed by atoms with van der Waals surface area (Å²) < 4.78 is 2.01. The highest BCUT2D eigenvalue weighted by Crippen LogP contribution is 2.08. The van der Waals surface area contributed by atoms with Gasteiger partial charge >= 0.3 is 0 Å². The van der Waals surface area contributed by atoms with E-state index >= 15 is 0 Å². The number of hydrogen-bond donors (Lipinski definition) is 0. The maximum absolute atomic E-state index is 4.78. The van der Waals surface area contributed by atoms with Gasteiger partial charge in [-0.3, -0.25) is 0 Å². The van der Waals surface area contributed by atoms with E-state index in [4.69, 9.17) is 12.2 Å². The summed E-state index contributed by atoms with van der Waals surface area (Å²) in [6.45, 7) is 1.92. The van der Waals surface area contributed by atoms with Gasteiger partial charge in [0, 0.05) is 4.20 Å². The summed E-state index contributed by atoms with van der Waals surface area (Å²) in [6, 6.07) is 0. The molecular weight excluding hydrogens is 232 g/mol. The van der Waals surface area contributed by atoms with Crippen LogP contribution < -0.4 is 0 Å². The quantitative estimate of drug-likeness (QED) is 0.594. The fourth-order valence-electron chi connectivity index (χ4n) is 0.0833. The van der Waals surface area contributed by atoms with Gasteiger partial charge in [-0.15, -0.1) is 35.3 Å².